The standard InChI is InChI=1S/C19H19ClN4OS/c1-13-5-3-4-6-14(13)11-24(2)12-17-22-23-19(26-17)18(25)21-16-9-7-15(20)8-10-16/h3-10H,11-12H2,1-2H3,(H,21,25). The minimum absolute atomic E-state index is 0.266. The highest BCUT2D eigenvalue weighted by atomic mass is 35.5. The molecule has 0 saturated carbocycles. The summed E-state index contributed by atoms with van der Waals surface area (Å²) in [5, 5.41) is 12.7. The number of anilines is 1. The molecule has 1 aromatic heterocycles. The van der Waals surface area contributed by atoms with Crippen molar-refractivity contribution in [1.82, 2.24) is 15.1 Å². The zero-order chi connectivity index (χ0) is 18.5. The Morgan fingerprint density at radius 1 is 1.12 bits per heavy atom. The third-order valence-electron chi connectivity index (χ3n) is 3.87. The van der Waals surface area contributed by atoms with Gasteiger partial charge in [0.15, 0.2) is 0 Å². The molecular formula is C19H19ClN4OS. The van der Waals surface area contributed by atoms with Crippen LogP contribution in [0.5, 0.6) is 0 Å². The molecule has 5 nitrogen and oxygen atoms in total. The quantitative estimate of drug-likeness (QED) is 0.682. The fraction of sp³-hybridized carbons (Fsp3) is 0.211. The lowest BCUT2D eigenvalue weighted by molar-refractivity contribution is 0.102. The second-order valence-corrected chi connectivity index (χ2v) is 7.56. The smallest absolute Gasteiger partial charge is 0.286 e. The summed E-state index contributed by atoms with van der Waals surface area (Å²) in [6, 6.07) is 15.3. The molecule has 0 unspecified atom stereocenters. The summed E-state index contributed by atoms with van der Waals surface area (Å²) in [6.45, 7) is 3.56. The maximum atomic E-state index is 12.3. The number of nitrogens with one attached hydrogen (secondary N) is 1. The third kappa shape index (κ3) is 4.88. The molecule has 0 aliphatic heterocycles. The zero-order valence-electron chi connectivity index (χ0n) is 14.6. The van der Waals surface area contributed by atoms with Gasteiger partial charge in [0.25, 0.3) is 5.91 Å². The van der Waals surface area contributed by atoms with Gasteiger partial charge in [-0.05, 0) is 49.4 Å². The lowest BCUT2D eigenvalue weighted by Gasteiger charge is -2.16. The minimum Gasteiger partial charge on any atom is -0.320 e. The van der Waals surface area contributed by atoms with Gasteiger partial charge in [-0.1, -0.05) is 47.2 Å². The van der Waals surface area contributed by atoms with E-state index < -0.39 is 0 Å². The predicted molar refractivity (Wildman–Crippen MR) is 106 cm³/mol. The van der Waals surface area contributed by atoms with Crippen molar-refractivity contribution in [1.29, 1.82) is 0 Å². The van der Waals surface area contributed by atoms with Crippen LogP contribution in [0.4, 0.5) is 5.69 Å². The van der Waals surface area contributed by atoms with Crippen molar-refractivity contribution in [2.24, 2.45) is 0 Å². The summed E-state index contributed by atoms with van der Waals surface area (Å²) in [6.07, 6.45) is 0. The summed E-state index contributed by atoms with van der Waals surface area (Å²) < 4.78 is 0. The Bertz CT molecular complexity index is 895. The molecule has 7 heteroatoms. The molecule has 0 aliphatic rings. The Morgan fingerprint density at radius 2 is 1.85 bits per heavy atom. The van der Waals surface area contributed by atoms with Crippen molar-refractivity contribution >= 4 is 34.5 Å². The Labute approximate surface area is 161 Å². The molecule has 3 rings (SSSR count). The van der Waals surface area contributed by atoms with E-state index >= 15 is 0 Å². The second-order valence-electron chi connectivity index (χ2n) is 6.06. The van der Waals surface area contributed by atoms with Crippen LogP contribution in [0.3, 0.4) is 0 Å². The van der Waals surface area contributed by atoms with Gasteiger partial charge in [-0.2, -0.15) is 0 Å². The van der Waals surface area contributed by atoms with Gasteiger partial charge in [-0.3, -0.25) is 9.69 Å². The van der Waals surface area contributed by atoms with Crippen LogP contribution >= 0.6 is 22.9 Å². The van der Waals surface area contributed by atoms with E-state index in [2.05, 4.69) is 39.5 Å². The summed E-state index contributed by atoms with van der Waals surface area (Å²) in [4.78, 5) is 14.4. The van der Waals surface area contributed by atoms with Gasteiger partial charge in [0.1, 0.15) is 5.01 Å². The topological polar surface area (TPSA) is 58.1 Å². The van der Waals surface area contributed by atoms with E-state index in [-0.39, 0.29) is 5.91 Å². The van der Waals surface area contributed by atoms with E-state index in [4.69, 9.17) is 11.6 Å². The Hall–Kier alpha value is -2.28. The van der Waals surface area contributed by atoms with E-state index in [1.165, 1.54) is 22.5 Å². The first-order valence-corrected chi connectivity index (χ1v) is 9.33. The average molecular weight is 387 g/mol. The molecule has 26 heavy (non-hydrogen) atoms. The highest BCUT2D eigenvalue weighted by Crippen LogP contribution is 2.18. The van der Waals surface area contributed by atoms with Crippen LogP contribution in [0.25, 0.3) is 0 Å². The number of carbonyl (C=O) groups excluding carboxylic acids is 1. The number of rotatable bonds is 6. The van der Waals surface area contributed by atoms with Gasteiger partial charge in [0, 0.05) is 17.3 Å². The number of aromatic nitrogens is 2. The molecule has 3 aromatic rings. The first kappa shape index (κ1) is 18.5. The summed E-state index contributed by atoms with van der Waals surface area (Å²) in [5.74, 6) is -0.266. The Morgan fingerprint density at radius 3 is 2.58 bits per heavy atom. The Balaban J connectivity index is 1.59. The maximum Gasteiger partial charge on any atom is 0.286 e. The van der Waals surface area contributed by atoms with E-state index in [1.807, 2.05) is 19.2 Å². The summed E-state index contributed by atoms with van der Waals surface area (Å²) >= 11 is 7.15. The zero-order valence-corrected chi connectivity index (χ0v) is 16.1. The number of nitrogens with zero attached hydrogens (tertiary/aromatic N) is 3. The molecule has 1 N–H and O–H groups in total. The van der Waals surface area contributed by atoms with Crippen LogP contribution in [0.1, 0.15) is 25.9 Å². The van der Waals surface area contributed by atoms with Crippen LogP contribution in [0.2, 0.25) is 5.02 Å². The van der Waals surface area contributed by atoms with E-state index in [9.17, 15) is 4.79 Å². The molecule has 0 spiro atoms. The van der Waals surface area contributed by atoms with Crippen LogP contribution in [0, 0.1) is 6.92 Å². The normalized spacial score (nSPS) is 10.9. The molecule has 0 radical (unpaired) electrons. The largest absolute Gasteiger partial charge is 0.320 e. The molecule has 0 bridgehead atoms. The van der Waals surface area contributed by atoms with Crippen LogP contribution in [-0.2, 0) is 13.1 Å². The molecule has 2 aromatic carbocycles. The molecule has 0 aliphatic carbocycles. The van der Waals surface area contributed by atoms with Gasteiger partial charge in [0.05, 0.1) is 6.54 Å². The lowest BCUT2D eigenvalue weighted by Crippen LogP contribution is -2.17. The number of halogens is 1. The van der Waals surface area contributed by atoms with Crippen LogP contribution in [0.15, 0.2) is 48.5 Å². The van der Waals surface area contributed by atoms with Gasteiger partial charge < -0.3 is 5.32 Å². The second kappa shape index (κ2) is 8.40. The molecule has 0 atom stereocenters. The number of hydrogen-bond acceptors (Lipinski definition) is 5. The highest BCUT2D eigenvalue weighted by molar-refractivity contribution is 7.13. The van der Waals surface area contributed by atoms with Gasteiger partial charge >= 0.3 is 0 Å². The number of hydrogen-bond donors (Lipinski definition) is 1. The van der Waals surface area contributed by atoms with Crippen molar-refractivity contribution in [3.63, 3.8) is 0 Å². The van der Waals surface area contributed by atoms with Crippen LogP contribution in [-0.4, -0.2) is 28.1 Å². The first-order chi connectivity index (χ1) is 12.5. The molecule has 0 fully saturated rings. The fourth-order valence-corrected chi connectivity index (χ4v) is 3.43. The maximum absolute atomic E-state index is 12.3. The summed E-state index contributed by atoms with van der Waals surface area (Å²) in [5.41, 5.74) is 3.22. The predicted octanol–water partition coefficient (Wildman–Crippen LogP) is 4.38. The monoisotopic (exact) mass is 386 g/mol. The fourth-order valence-electron chi connectivity index (χ4n) is 2.49. The molecule has 1 amide bonds. The molecular weight excluding hydrogens is 368 g/mol. The first-order valence-electron chi connectivity index (χ1n) is 8.13. The number of carbonyl (C=O) groups is 1. The van der Waals surface area contributed by atoms with Gasteiger partial charge in [0.2, 0.25) is 5.01 Å². The Kier molecular flexibility index (Phi) is 5.98. The van der Waals surface area contributed by atoms with Gasteiger partial charge in [-0.25, -0.2) is 0 Å². The van der Waals surface area contributed by atoms with Crippen molar-refractivity contribution in [3.05, 3.63) is 74.7 Å². The number of aryl methyl sites for hydroxylation is 1. The average Bonchev–Trinajstić information content (AvgIpc) is 3.07. The van der Waals surface area contributed by atoms with E-state index in [0.29, 0.717) is 22.3 Å². The number of amides is 1. The molecule has 0 saturated heterocycles. The van der Waals surface area contributed by atoms with E-state index in [0.717, 1.165) is 11.6 Å². The van der Waals surface area contributed by atoms with Crippen molar-refractivity contribution < 1.29 is 4.79 Å². The van der Waals surface area contributed by atoms with Crippen LogP contribution < -0.4 is 5.32 Å². The lowest BCUT2D eigenvalue weighted by atomic mass is 10.1. The van der Waals surface area contributed by atoms with Gasteiger partial charge in [-0.15, -0.1) is 10.2 Å². The SMILES string of the molecule is Cc1ccccc1CN(C)Cc1nnc(C(=O)Nc2ccc(Cl)cc2)s1. The molecule has 1 heterocycles. The van der Waals surface area contributed by atoms with Crippen molar-refractivity contribution in [2.75, 3.05) is 12.4 Å². The third-order valence-corrected chi connectivity index (χ3v) is 5.03. The summed E-state index contributed by atoms with van der Waals surface area (Å²) in [7, 11) is 2.03. The molecule has 134 valence electrons. The van der Waals surface area contributed by atoms with Crippen molar-refractivity contribution in [2.45, 2.75) is 20.0 Å². The highest BCUT2D eigenvalue weighted by Gasteiger charge is 2.14. The van der Waals surface area contributed by atoms with E-state index in [1.54, 1.807) is 24.3 Å². The minimum atomic E-state index is -0.266. The number of benzene rings is 2. The van der Waals surface area contributed by atoms with Crippen molar-refractivity contribution in [3.8, 4) is 0 Å².